The van der Waals surface area contributed by atoms with Gasteiger partial charge in [-0.25, -0.2) is 4.79 Å². The molecule has 0 aliphatic carbocycles. The number of phenols is 1. The van der Waals surface area contributed by atoms with Crippen LogP contribution in [0.1, 0.15) is 29.3 Å². The number of aromatic hydroxyl groups is 1. The number of rotatable bonds is 7. The van der Waals surface area contributed by atoms with Crippen molar-refractivity contribution in [3.05, 3.63) is 53.6 Å². The molecule has 0 saturated heterocycles. The van der Waals surface area contributed by atoms with Crippen LogP contribution in [0.25, 0.3) is 0 Å². The Bertz CT molecular complexity index is 725. The van der Waals surface area contributed by atoms with Crippen molar-refractivity contribution in [2.75, 3.05) is 11.9 Å². The number of ether oxygens (including phenoxy) is 1. The van der Waals surface area contributed by atoms with E-state index in [1.165, 1.54) is 17.7 Å². The number of amides is 1. The number of carboxylic acid groups (broad SMARTS) is 1. The molecule has 0 atom stereocenters. The van der Waals surface area contributed by atoms with Crippen molar-refractivity contribution in [1.29, 1.82) is 0 Å². The first-order chi connectivity index (χ1) is 11.5. The number of benzene rings is 2. The maximum atomic E-state index is 11.9. The molecule has 0 unspecified atom stereocenters. The van der Waals surface area contributed by atoms with E-state index in [9.17, 15) is 14.7 Å². The van der Waals surface area contributed by atoms with E-state index in [0.29, 0.717) is 5.75 Å². The van der Waals surface area contributed by atoms with Crippen molar-refractivity contribution >= 4 is 17.6 Å². The first kappa shape index (κ1) is 17.3. The van der Waals surface area contributed by atoms with Crippen molar-refractivity contribution in [3.8, 4) is 11.5 Å². The monoisotopic (exact) mass is 329 g/mol. The average Bonchev–Trinajstić information content (AvgIpc) is 2.56. The highest BCUT2D eigenvalue weighted by atomic mass is 16.5. The molecule has 0 fully saturated rings. The zero-order chi connectivity index (χ0) is 17.5. The van der Waals surface area contributed by atoms with E-state index in [4.69, 9.17) is 9.84 Å². The molecule has 0 aromatic heterocycles. The highest BCUT2D eigenvalue weighted by Crippen LogP contribution is 2.24. The lowest BCUT2D eigenvalue weighted by Crippen LogP contribution is -2.20. The minimum atomic E-state index is -1.15. The molecule has 0 spiro atoms. The second-order valence-corrected chi connectivity index (χ2v) is 5.27. The van der Waals surface area contributed by atoms with Crippen molar-refractivity contribution in [1.82, 2.24) is 0 Å². The third kappa shape index (κ3) is 4.74. The molecule has 1 amide bonds. The summed E-state index contributed by atoms with van der Waals surface area (Å²) in [6.45, 7) is 1.89. The molecule has 0 radical (unpaired) electrons. The molecule has 2 aromatic rings. The molecule has 0 saturated carbocycles. The van der Waals surface area contributed by atoms with Gasteiger partial charge in [0.05, 0.1) is 11.3 Å². The first-order valence-electron chi connectivity index (χ1n) is 7.57. The van der Waals surface area contributed by atoms with Crippen LogP contribution in [0, 0.1) is 0 Å². The summed E-state index contributed by atoms with van der Waals surface area (Å²) >= 11 is 0. The maximum absolute atomic E-state index is 11.9. The van der Waals surface area contributed by atoms with Crippen LogP contribution in [0.4, 0.5) is 5.69 Å². The predicted molar refractivity (Wildman–Crippen MR) is 89.6 cm³/mol. The predicted octanol–water partition coefficient (Wildman–Crippen LogP) is 3.06. The quantitative estimate of drug-likeness (QED) is 0.679. The van der Waals surface area contributed by atoms with Gasteiger partial charge in [-0.1, -0.05) is 25.5 Å². The fourth-order valence-corrected chi connectivity index (χ4v) is 2.15. The van der Waals surface area contributed by atoms with Gasteiger partial charge in [0, 0.05) is 0 Å². The summed E-state index contributed by atoms with van der Waals surface area (Å²) in [5, 5.41) is 21.0. The molecule has 126 valence electrons. The lowest BCUT2D eigenvalue weighted by Gasteiger charge is -2.09. The third-order valence-corrected chi connectivity index (χ3v) is 3.35. The number of anilines is 1. The third-order valence-electron chi connectivity index (χ3n) is 3.35. The fraction of sp³-hybridized carbons (Fsp3) is 0.222. The summed E-state index contributed by atoms with van der Waals surface area (Å²) in [6.07, 6.45) is 2.05. The second-order valence-electron chi connectivity index (χ2n) is 5.27. The molecule has 0 bridgehead atoms. The van der Waals surface area contributed by atoms with Gasteiger partial charge in [-0.3, -0.25) is 4.79 Å². The van der Waals surface area contributed by atoms with E-state index in [-0.39, 0.29) is 23.6 Å². The number of nitrogens with one attached hydrogen (secondary N) is 1. The smallest absolute Gasteiger partial charge is 0.335 e. The number of aryl methyl sites for hydroxylation is 1. The Morgan fingerprint density at radius 3 is 2.42 bits per heavy atom. The minimum Gasteiger partial charge on any atom is -0.506 e. The van der Waals surface area contributed by atoms with E-state index in [1.54, 1.807) is 12.1 Å². The number of hydrogen-bond acceptors (Lipinski definition) is 4. The molecular weight excluding hydrogens is 310 g/mol. The number of carbonyl (C=O) groups is 2. The molecule has 24 heavy (non-hydrogen) atoms. The van der Waals surface area contributed by atoms with Gasteiger partial charge in [0.15, 0.2) is 6.61 Å². The number of carboxylic acids is 1. The Labute approximate surface area is 139 Å². The highest BCUT2D eigenvalue weighted by Gasteiger charge is 2.10. The van der Waals surface area contributed by atoms with Crippen LogP contribution >= 0.6 is 0 Å². The summed E-state index contributed by atoms with van der Waals surface area (Å²) in [5.41, 5.74) is 1.28. The molecule has 2 rings (SSSR count). The van der Waals surface area contributed by atoms with Gasteiger partial charge in [-0.05, 0) is 42.3 Å². The zero-order valence-corrected chi connectivity index (χ0v) is 13.3. The maximum Gasteiger partial charge on any atom is 0.335 e. The zero-order valence-electron chi connectivity index (χ0n) is 13.3. The molecule has 0 aliphatic rings. The summed E-state index contributed by atoms with van der Waals surface area (Å²) in [6, 6.07) is 11.2. The van der Waals surface area contributed by atoms with Crippen LogP contribution in [-0.2, 0) is 11.2 Å². The van der Waals surface area contributed by atoms with Crippen molar-refractivity contribution in [3.63, 3.8) is 0 Å². The van der Waals surface area contributed by atoms with Gasteiger partial charge in [0.25, 0.3) is 5.91 Å². The number of carbonyl (C=O) groups excluding carboxylic acids is 1. The Morgan fingerprint density at radius 2 is 1.83 bits per heavy atom. The van der Waals surface area contributed by atoms with Crippen LogP contribution in [-0.4, -0.2) is 28.7 Å². The SMILES string of the molecule is CCCc1ccc(OCC(=O)Nc2ccc(C(=O)O)cc2O)cc1. The largest absolute Gasteiger partial charge is 0.506 e. The van der Waals surface area contributed by atoms with E-state index in [0.717, 1.165) is 18.9 Å². The lowest BCUT2D eigenvalue weighted by molar-refractivity contribution is -0.118. The van der Waals surface area contributed by atoms with Gasteiger partial charge in [0.2, 0.25) is 0 Å². The Morgan fingerprint density at radius 1 is 1.12 bits per heavy atom. The number of hydrogen-bond donors (Lipinski definition) is 3. The van der Waals surface area contributed by atoms with Gasteiger partial charge in [-0.15, -0.1) is 0 Å². The molecule has 0 aliphatic heterocycles. The second kappa shape index (κ2) is 8.01. The molecular formula is C18H19NO5. The molecule has 2 aromatic carbocycles. The molecule has 0 heterocycles. The topological polar surface area (TPSA) is 95.9 Å². The minimum absolute atomic E-state index is 0.0612. The first-order valence-corrected chi connectivity index (χ1v) is 7.57. The fourth-order valence-electron chi connectivity index (χ4n) is 2.15. The van der Waals surface area contributed by atoms with Crippen LogP contribution in [0.2, 0.25) is 0 Å². The van der Waals surface area contributed by atoms with Crippen molar-refractivity contribution in [2.45, 2.75) is 19.8 Å². The molecule has 6 nitrogen and oxygen atoms in total. The van der Waals surface area contributed by atoms with Crippen LogP contribution < -0.4 is 10.1 Å². The van der Waals surface area contributed by atoms with Gasteiger partial charge in [-0.2, -0.15) is 0 Å². The van der Waals surface area contributed by atoms with Crippen molar-refractivity contribution in [2.24, 2.45) is 0 Å². The standard InChI is InChI=1S/C18H19NO5/c1-2-3-12-4-7-14(8-5-12)24-11-17(21)19-15-9-6-13(18(22)23)10-16(15)20/h4-10,20H,2-3,11H2,1H3,(H,19,21)(H,22,23). The Balaban J connectivity index is 1.90. The Kier molecular flexibility index (Phi) is 5.78. The normalized spacial score (nSPS) is 10.2. The summed E-state index contributed by atoms with van der Waals surface area (Å²) in [4.78, 5) is 22.7. The van der Waals surface area contributed by atoms with Gasteiger partial charge >= 0.3 is 5.97 Å². The van der Waals surface area contributed by atoms with Gasteiger partial charge in [0.1, 0.15) is 11.5 Å². The number of phenolic OH excluding ortho intramolecular Hbond substituents is 1. The van der Waals surface area contributed by atoms with E-state index in [2.05, 4.69) is 12.2 Å². The average molecular weight is 329 g/mol. The Hall–Kier alpha value is -3.02. The van der Waals surface area contributed by atoms with Crippen LogP contribution in [0.15, 0.2) is 42.5 Å². The van der Waals surface area contributed by atoms with Gasteiger partial charge < -0.3 is 20.3 Å². The van der Waals surface area contributed by atoms with E-state index < -0.39 is 11.9 Å². The molecule has 3 N–H and O–H groups in total. The lowest BCUT2D eigenvalue weighted by atomic mass is 10.1. The van der Waals surface area contributed by atoms with Crippen LogP contribution in [0.5, 0.6) is 11.5 Å². The molecule has 6 heteroatoms. The summed E-state index contributed by atoms with van der Waals surface area (Å²) in [7, 11) is 0. The van der Waals surface area contributed by atoms with Crippen molar-refractivity contribution < 1.29 is 24.5 Å². The summed E-state index contributed by atoms with van der Waals surface area (Å²) < 4.78 is 5.39. The van der Waals surface area contributed by atoms with E-state index in [1.807, 2.05) is 12.1 Å². The number of aromatic carboxylic acids is 1. The van der Waals surface area contributed by atoms with E-state index >= 15 is 0 Å². The van der Waals surface area contributed by atoms with Crippen LogP contribution in [0.3, 0.4) is 0 Å². The summed E-state index contributed by atoms with van der Waals surface area (Å²) in [5.74, 6) is -1.34. The highest BCUT2D eigenvalue weighted by molar-refractivity contribution is 5.95.